The van der Waals surface area contributed by atoms with E-state index in [9.17, 15) is 0 Å². The van der Waals surface area contributed by atoms with Crippen molar-refractivity contribution < 1.29 is 0 Å². The number of hydrogen-bond donors (Lipinski definition) is 2. The molecule has 0 saturated carbocycles. The highest BCUT2D eigenvalue weighted by Crippen LogP contribution is 2.32. The maximum atomic E-state index is 7.06. The zero-order chi connectivity index (χ0) is 37.8. The number of hydrogen-bond acceptors (Lipinski definition) is 3. The fraction of sp³-hybridized carbons (Fsp3) is 0.227. The standard InChI is InChI=1S/C13H12N4.C9H8N2.B23/c1-14-11-3-2-10-4-5-17(13(10)6-11)8-12-7-15-9-16-12;1-10-8-3-2-7-4-5-11-9(7)6-8;1-13-19(12)22(18(10)11)23(20(14(2)3)15(4)5)21(16(6)7)17(8)9/h2-3,6-7,9H,4-5,8H2,(H,15,16);2-3,6,11H,4-5H2;. The molecule has 2 aromatic carbocycles. The van der Waals surface area contributed by atoms with Crippen molar-refractivity contribution in [2.75, 3.05) is 23.3 Å². The first-order chi connectivity index (χ1) is 24.2. The van der Waals surface area contributed by atoms with Crippen LogP contribution in [0.5, 0.6) is 0 Å². The number of aromatic nitrogens is 2. The summed E-state index contributed by atoms with van der Waals surface area (Å²) in [6.07, 6.45) is -2.34. The molecule has 0 aliphatic carbocycles. The smallest absolute Gasteiger partial charge is 0.189 e. The molecule has 0 unspecified atom stereocenters. The highest BCUT2D eigenvalue weighted by atomic mass is 15.2. The van der Waals surface area contributed by atoms with Gasteiger partial charge in [-0.15, -0.1) is 0 Å². The van der Waals surface area contributed by atoms with Crippen molar-refractivity contribution in [3.05, 3.63) is 88.6 Å². The Morgan fingerprint density at radius 1 is 0.725 bits per heavy atom. The molecule has 51 heavy (non-hydrogen) atoms. The average Bonchev–Trinajstić information content (AvgIpc) is 3.86. The Morgan fingerprint density at radius 2 is 1.27 bits per heavy atom. The summed E-state index contributed by atoms with van der Waals surface area (Å²) in [5, 5.41) is 3.23. The topological polar surface area (TPSA) is 52.7 Å². The third-order valence-corrected chi connectivity index (χ3v) is 9.26. The second-order valence-electron chi connectivity index (χ2n) is 12.8. The molecule has 207 valence electrons. The molecule has 0 atom stereocenters. The Hall–Kier alpha value is -2.28. The SMILES string of the molecule is [B][B]B([B])B(B([B])[B])B(B(B([B])[B])B([B])[B])B(B([B])[B])B([B])[B].[C-]#[N+]c1ccc2c(c1)N(Cc1cnc[nH]1)CC2.[C-]#[N+]c1ccc2c(c1)NCC2. The third kappa shape index (κ3) is 11.9. The molecule has 6 nitrogen and oxygen atoms in total. The molecule has 5 rings (SSSR count). The average molecular weight is 617 g/mol. The van der Waals surface area contributed by atoms with Crippen LogP contribution < -0.4 is 10.2 Å². The van der Waals surface area contributed by atoms with Crippen molar-refractivity contribution in [1.29, 1.82) is 0 Å². The Labute approximate surface area is 326 Å². The van der Waals surface area contributed by atoms with E-state index in [1.165, 1.54) is 23.9 Å². The highest BCUT2D eigenvalue weighted by Gasteiger charge is 2.47. The number of nitrogens with one attached hydrogen (secondary N) is 2. The lowest BCUT2D eigenvalue weighted by molar-refractivity contribution is 0.819. The molecule has 29 heteroatoms. The molecule has 2 N–H and O–H groups in total. The number of anilines is 2. The molecule has 0 fully saturated rings. The van der Waals surface area contributed by atoms with Crippen LogP contribution in [0, 0.1) is 13.1 Å². The van der Waals surface area contributed by atoms with Gasteiger partial charge in [0.1, 0.15) is 0 Å². The molecule has 0 saturated heterocycles. The van der Waals surface area contributed by atoms with Gasteiger partial charge in [0.2, 0.25) is 0 Å². The van der Waals surface area contributed by atoms with Crippen LogP contribution in [0.15, 0.2) is 48.9 Å². The molecular formula is C22H20B23N6. The van der Waals surface area contributed by atoms with Gasteiger partial charge in [-0.1, -0.05) is 24.3 Å². The number of benzene rings is 2. The van der Waals surface area contributed by atoms with Crippen molar-refractivity contribution in [1.82, 2.24) is 9.97 Å². The minimum Gasteiger partial charge on any atom is -0.386 e. The van der Waals surface area contributed by atoms with Crippen molar-refractivity contribution in [2.45, 2.75) is 19.4 Å². The van der Waals surface area contributed by atoms with E-state index >= 15 is 0 Å². The van der Waals surface area contributed by atoms with Gasteiger partial charge < -0.3 is 15.2 Å². The van der Waals surface area contributed by atoms with Gasteiger partial charge in [-0.25, -0.2) is 14.7 Å². The van der Waals surface area contributed by atoms with Gasteiger partial charge in [0, 0.05) is 194 Å². The van der Waals surface area contributed by atoms with Gasteiger partial charge in [-0.2, -0.15) is 0 Å². The van der Waals surface area contributed by atoms with E-state index in [1.807, 2.05) is 36.5 Å². The van der Waals surface area contributed by atoms with Crippen molar-refractivity contribution in [3.63, 3.8) is 0 Å². The fourth-order valence-electron chi connectivity index (χ4n) is 6.80. The number of fused-ring (bicyclic) bond motifs is 2. The van der Waals surface area contributed by atoms with Crippen LogP contribution in [0.4, 0.5) is 22.7 Å². The summed E-state index contributed by atoms with van der Waals surface area (Å²) in [4.78, 5) is 16.3. The zero-order valence-electron chi connectivity index (χ0n) is 28.7. The summed E-state index contributed by atoms with van der Waals surface area (Å²) in [7, 11) is 71.4. The van der Waals surface area contributed by atoms with E-state index in [1.54, 1.807) is 6.33 Å². The van der Waals surface area contributed by atoms with Gasteiger partial charge in [-0.3, -0.25) is 0 Å². The van der Waals surface area contributed by atoms with Crippen LogP contribution in [-0.4, -0.2) is 187 Å². The van der Waals surface area contributed by atoms with E-state index in [4.69, 9.17) is 106 Å². The molecule has 1 aromatic heterocycles. The number of aromatic amines is 1. The van der Waals surface area contributed by atoms with Gasteiger partial charge in [0.05, 0.1) is 31.7 Å². The predicted octanol–water partition coefficient (Wildman–Crippen LogP) is -4.03. The van der Waals surface area contributed by atoms with E-state index in [0.717, 1.165) is 49.5 Å². The van der Waals surface area contributed by atoms with Crippen LogP contribution in [0.2, 0.25) is 0 Å². The Bertz CT molecular complexity index is 1560. The minimum atomic E-state index is -0.925. The number of rotatable bonds is 12. The van der Waals surface area contributed by atoms with E-state index < -0.39 is 63.9 Å². The molecule has 3 heterocycles. The monoisotopic (exact) mass is 621 g/mol. The van der Waals surface area contributed by atoms with Crippen molar-refractivity contribution >= 4 is 187 Å². The van der Waals surface area contributed by atoms with Gasteiger partial charge in [-0.05, 0) is 36.1 Å². The summed E-state index contributed by atoms with van der Waals surface area (Å²) >= 11 is 0. The molecule has 3 aromatic rings. The lowest BCUT2D eigenvalue weighted by Crippen LogP contribution is -2.83. The van der Waals surface area contributed by atoms with Crippen LogP contribution in [-0.2, 0) is 19.4 Å². The molecule has 0 bridgehead atoms. The van der Waals surface area contributed by atoms with Crippen LogP contribution in [0.1, 0.15) is 16.8 Å². The van der Waals surface area contributed by atoms with E-state index in [2.05, 4.69) is 35.9 Å². The van der Waals surface area contributed by atoms with Gasteiger partial charge >= 0.3 is 0 Å². The van der Waals surface area contributed by atoms with Crippen LogP contribution >= 0.6 is 0 Å². The molecular weight excluding hydrogens is 597 g/mol. The summed E-state index contributed by atoms with van der Waals surface area (Å²) in [5.41, 5.74) is 7.52. The lowest BCUT2D eigenvalue weighted by Gasteiger charge is -2.45. The first-order valence-corrected chi connectivity index (χ1v) is 16.6. The molecule has 2 aliphatic heterocycles. The van der Waals surface area contributed by atoms with Gasteiger partial charge in [0.15, 0.2) is 11.4 Å². The van der Waals surface area contributed by atoms with Crippen molar-refractivity contribution in [3.8, 4) is 0 Å². The van der Waals surface area contributed by atoms with E-state index in [0.29, 0.717) is 5.69 Å². The highest BCUT2D eigenvalue weighted by molar-refractivity contribution is 8.22. The zero-order valence-corrected chi connectivity index (χ0v) is 28.7. The van der Waals surface area contributed by atoms with Gasteiger partial charge in [0.25, 0.3) is 0 Å². The summed E-state index contributed by atoms with van der Waals surface area (Å²) in [5.74, 6) is 0. The Kier molecular flexibility index (Phi) is 17.6. The molecule has 2 aliphatic rings. The Morgan fingerprint density at radius 3 is 1.76 bits per heavy atom. The van der Waals surface area contributed by atoms with Crippen LogP contribution in [0.25, 0.3) is 9.69 Å². The number of imidazole rings is 1. The normalized spacial score (nSPS) is 11.5. The molecule has 0 spiro atoms. The maximum Gasteiger partial charge on any atom is 0.189 e. The molecule has 0 amide bonds. The van der Waals surface area contributed by atoms with E-state index in [-0.39, 0.29) is 0 Å². The number of H-pyrrole nitrogens is 1. The summed E-state index contributed by atoms with van der Waals surface area (Å²) in [6, 6.07) is 11.8. The Balaban J connectivity index is 0.000000218. The van der Waals surface area contributed by atoms with Crippen LogP contribution in [0.3, 0.4) is 0 Å². The fourth-order valence-corrected chi connectivity index (χ4v) is 6.80. The largest absolute Gasteiger partial charge is 0.386 e. The lowest BCUT2D eigenvalue weighted by atomic mass is 8.36. The summed E-state index contributed by atoms with van der Waals surface area (Å²) in [6.45, 7) is 16.7. The third-order valence-electron chi connectivity index (χ3n) is 9.26. The summed E-state index contributed by atoms with van der Waals surface area (Å²) < 4.78 is 0. The first-order valence-electron chi connectivity index (χ1n) is 16.6. The quantitative estimate of drug-likeness (QED) is 0.161. The van der Waals surface area contributed by atoms with Crippen molar-refractivity contribution in [2.24, 2.45) is 0 Å². The second-order valence-corrected chi connectivity index (χ2v) is 12.8. The molecule has 25 radical (unpaired) electrons. The minimum absolute atomic E-state index is 0.648. The first kappa shape index (κ1) is 43.1. The maximum absolute atomic E-state index is 7.06. The number of nitrogens with zero attached hydrogens (tertiary/aromatic N) is 4. The second kappa shape index (κ2) is 20.8. The predicted molar refractivity (Wildman–Crippen MR) is 243 cm³/mol.